The summed E-state index contributed by atoms with van der Waals surface area (Å²) in [5.41, 5.74) is 7.15. The Bertz CT molecular complexity index is 1010. The normalized spacial score (nSPS) is 15.9. The smallest absolute Gasteiger partial charge is 0.190 e. The van der Waals surface area contributed by atoms with Gasteiger partial charge in [0.1, 0.15) is 0 Å². The Kier molecular flexibility index (Phi) is 5.72. The summed E-state index contributed by atoms with van der Waals surface area (Å²) in [4.78, 5) is 0. The molecule has 4 rings (SSSR count). The Balaban J connectivity index is 1.58. The fraction of sp³-hybridized carbons (Fsp3) is 0.200. The first-order valence-corrected chi connectivity index (χ1v) is 10.3. The zero-order valence-corrected chi connectivity index (χ0v) is 17.6. The third-order valence-corrected chi connectivity index (χ3v) is 5.58. The third-order valence-electron chi connectivity index (χ3n) is 5.25. The number of nitrogens with zero attached hydrogens (tertiary/aromatic N) is 2. The Morgan fingerprint density at radius 1 is 0.931 bits per heavy atom. The van der Waals surface area contributed by atoms with Crippen molar-refractivity contribution < 1.29 is 0 Å². The number of thiocarbonyl (C=S) groups is 1. The van der Waals surface area contributed by atoms with Gasteiger partial charge in [-0.2, -0.15) is 5.10 Å². The molecule has 0 aromatic heterocycles. The maximum absolute atomic E-state index is 5.75. The van der Waals surface area contributed by atoms with Crippen molar-refractivity contribution in [3.63, 3.8) is 0 Å². The van der Waals surface area contributed by atoms with E-state index in [4.69, 9.17) is 17.3 Å². The maximum atomic E-state index is 5.75. The number of hydrogen-bond acceptors (Lipinski definition) is 2. The van der Waals surface area contributed by atoms with E-state index in [1.54, 1.807) is 0 Å². The highest BCUT2D eigenvalue weighted by Gasteiger charge is 2.31. The van der Waals surface area contributed by atoms with Crippen LogP contribution in [0.15, 0.2) is 84.0 Å². The van der Waals surface area contributed by atoms with Gasteiger partial charge in [0.15, 0.2) is 5.11 Å². The molecule has 1 N–H and O–H groups in total. The van der Waals surface area contributed by atoms with Crippen LogP contribution >= 0.6 is 12.2 Å². The summed E-state index contributed by atoms with van der Waals surface area (Å²) < 4.78 is 0. The van der Waals surface area contributed by atoms with E-state index in [1.807, 2.05) is 23.2 Å². The summed E-state index contributed by atoms with van der Waals surface area (Å²) in [6.07, 6.45) is 0.833. The zero-order valence-electron chi connectivity index (χ0n) is 16.8. The predicted molar refractivity (Wildman–Crippen MR) is 124 cm³/mol. The SMILES string of the molecule is Cc1ccc(C2=NN(C(=S)NCc3ccccc3)[C@H](c3ccc(C)cc3)C2)cc1. The van der Waals surface area contributed by atoms with Gasteiger partial charge in [-0.15, -0.1) is 0 Å². The van der Waals surface area contributed by atoms with Crippen molar-refractivity contribution in [3.05, 3.63) is 107 Å². The highest BCUT2D eigenvalue weighted by molar-refractivity contribution is 7.80. The van der Waals surface area contributed by atoms with Crippen molar-refractivity contribution >= 4 is 23.0 Å². The number of aryl methyl sites for hydroxylation is 2. The summed E-state index contributed by atoms with van der Waals surface area (Å²) in [5.74, 6) is 0. The quantitative estimate of drug-likeness (QED) is 0.585. The van der Waals surface area contributed by atoms with Crippen molar-refractivity contribution in [1.29, 1.82) is 0 Å². The first kappa shape index (κ1) is 19.3. The summed E-state index contributed by atoms with van der Waals surface area (Å²) in [5, 5.41) is 10.9. The lowest BCUT2D eigenvalue weighted by Gasteiger charge is -2.25. The van der Waals surface area contributed by atoms with E-state index in [9.17, 15) is 0 Å². The average molecular weight is 400 g/mol. The van der Waals surface area contributed by atoms with Crippen LogP contribution in [0.5, 0.6) is 0 Å². The van der Waals surface area contributed by atoms with Crippen LogP contribution in [0.4, 0.5) is 0 Å². The van der Waals surface area contributed by atoms with Crippen LogP contribution in [0.3, 0.4) is 0 Å². The molecule has 0 aliphatic carbocycles. The summed E-state index contributed by atoms with van der Waals surface area (Å²) in [6, 6.07) is 27.6. The van der Waals surface area contributed by atoms with E-state index < -0.39 is 0 Å². The second kappa shape index (κ2) is 8.58. The van der Waals surface area contributed by atoms with Gasteiger partial charge >= 0.3 is 0 Å². The molecular weight excluding hydrogens is 374 g/mol. The van der Waals surface area contributed by atoms with Crippen LogP contribution in [0.25, 0.3) is 0 Å². The Labute approximate surface area is 178 Å². The van der Waals surface area contributed by atoms with Crippen molar-refractivity contribution in [2.45, 2.75) is 32.9 Å². The Morgan fingerprint density at radius 3 is 2.21 bits per heavy atom. The van der Waals surface area contributed by atoms with Gasteiger partial charge < -0.3 is 5.32 Å². The minimum absolute atomic E-state index is 0.0997. The number of nitrogens with one attached hydrogen (secondary N) is 1. The van der Waals surface area contributed by atoms with Crippen LogP contribution in [0.1, 0.15) is 40.3 Å². The molecule has 4 heteroatoms. The number of rotatable bonds is 4. The molecule has 1 aliphatic heterocycles. The Morgan fingerprint density at radius 2 is 1.55 bits per heavy atom. The van der Waals surface area contributed by atoms with E-state index in [0.29, 0.717) is 11.7 Å². The van der Waals surface area contributed by atoms with E-state index in [2.05, 4.69) is 79.8 Å². The van der Waals surface area contributed by atoms with Crippen molar-refractivity contribution in [1.82, 2.24) is 10.3 Å². The van der Waals surface area contributed by atoms with Gasteiger partial charge in [0, 0.05) is 13.0 Å². The minimum Gasteiger partial charge on any atom is -0.357 e. The predicted octanol–water partition coefficient (Wildman–Crippen LogP) is 5.53. The first-order chi connectivity index (χ1) is 14.1. The van der Waals surface area contributed by atoms with E-state index >= 15 is 0 Å². The van der Waals surface area contributed by atoms with Crippen molar-refractivity contribution in [3.8, 4) is 0 Å². The lowest BCUT2D eigenvalue weighted by molar-refractivity contribution is 0.364. The molecule has 0 unspecified atom stereocenters. The van der Waals surface area contributed by atoms with E-state index in [0.717, 1.165) is 17.7 Å². The third kappa shape index (κ3) is 4.54. The molecule has 3 aromatic carbocycles. The molecule has 1 atom stereocenters. The Hall–Kier alpha value is -2.98. The van der Waals surface area contributed by atoms with Gasteiger partial charge in [0.05, 0.1) is 11.8 Å². The maximum Gasteiger partial charge on any atom is 0.190 e. The molecule has 0 saturated carbocycles. The molecule has 3 nitrogen and oxygen atoms in total. The lowest BCUT2D eigenvalue weighted by atomic mass is 9.97. The molecule has 1 aliphatic rings. The van der Waals surface area contributed by atoms with Gasteiger partial charge in [-0.25, -0.2) is 5.01 Å². The summed E-state index contributed by atoms with van der Waals surface area (Å²) in [6.45, 7) is 4.90. The summed E-state index contributed by atoms with van der Waals surface area (Å²) in [7, 11) is 0. The van der Waals surface area contributed by atoms with Gasteiger partial charge in [0.2, 0.25) is 0 Å². The van der Waals surface area contributed by atoms with Crippen LogP contribution in [-0.4, -0.2) is 15.8 Å². The molecule has 1 heterocycles. The second-order valence-corrected chi connectivity index (χ2v) is 7.92. The van der Waals surface area contributed by atoms with Gasteiger partial charge in [-0.1, -0.05) is 90.0 Å². The molecule has 0 radical (unpaired) electrons. The molecule has 0 fully saturated rings. The second-order valence-electron chi connectivity index (χ2n) is 7.53. The fourth-order valence-electron chi connectivity index (χ4n) is 3.52. The van der Waals surface area contributed by atoms with Crippen LogP contribution in [0, 0.1) is 13.8 Å². The molecule has 0 bridgehead atoms. The van der Waals surface area contributed by atoms with Crippen molar-refractivity contribution in [2.75, 3.05) is 0 Å². The molecule has 3 aromatic rings. The highest BCUT2D eigenvalue weighted by Crippen LogP contribution is 2.33. The standard InChI is InChI=1S/C25H25N3S/c1-18-8-12-21(13-9-18)23-16-24(22-14-10-19(2)11-15-22)28(27-23)25(29)26-17-20-6-4-3-5-7-20/h3-15,24H,16-17H2,1-2H3,(H,26,29)/t24-/m0/s1. The summed E-state index contributed by atoms with van der Waals surface area (Å²) >= 11 is 5.75. The first-order valence-electron chi connectivity index (χ1n) is 9.92. The molecular formula is C25H25N3S. The fourth-order valence-corrected chi connectivity index (χ4v) is 3.76. The largest absolute Gasteiger partial charge is 0.357 e. The monoisotopic (exact) mass is 399 g/mol. The molecule has 29 heavy (non-hydrogen) atoms. The molecule has 0 spiro atoms. The average Bonchev–Trinajstić information content (AvgIpc) is 3.19. The topological polar surface area (TPSA) is 27.6 Å². The highest BCUT2D eigenvalue weighted by atomic mass is 32.1. The minimum atomic E-state index is 0.0997. The zero-order chi connectivity index (χ0) is 20.2. The van der Waals surface area contributed by atoms with Gasteiger partial charge in [-0.3, -0.25) is 0 Å². The van der Waals surface area contributed by atoms with Crippen LogP contribution in [-0.2, 0) is 6.54 Å². The molecule has 0 amide bonds. The van der Waals surface area contributed by atoms with E-state index in [-0.39, 0.29) is 6.04 Å². The molecule has 146 valence electrons. The van der Waals surface area contributed by atoms with Crippen LogP contribution < -0.4 is 5.32 Å². The van der Waals surface area contributed by atoms with Crippen LogP contribution in [0.2, 0.25) is 0 Å². The van der Waals surface area contributed by atoms with Crippen molar-refractivity contribution in [2.24, 2.45) is 5.10 Å². The number of hydrazone groups is 1. The van der Waals surface area contributed by atoms with Gasteiger partial charge in [-0.05, 0) is 42.8 Å². The lowest BCUT2D eigenvalue weighted by Crippen LogP contribution is -2.36. The number of benzene rings is 3. The molecule has 0 saturated heterocycles. The number of hydrogen-bond donors (Lipinski definition) is 1. The van der Waals surface area contributed by atoms with E-state index in [1.165, 1.54) is 22.3 Å². The van der Waals surface area contributed by atoms with Gasteiger partial charge in [0.25, 0.3) is 0 Å².